The molecule has 2 aromatic carbocycles. The summed E-state index contributed by atoms with van der Waals surface area (Å²) in [6.45, 7) is 1.53. The van der Waals surface area contributed by atoms with Gasteiger partial charge in [0.25, 0.3) is 5.91 Å². The smallest absolute Gasteiger partial charge is 0.258 e. The predicted molar refractivity (Wildman–Crippen MR) is 136 cm³/mol. The Morgan fingerprint density at radius 3 is 2.62 bits per heavy atom. The van der Waals surface area contributed by atoms with Gasteiger partial charge in [-0.3, -0.25) is 9.79 Å². The first-order valence-electron chi connectivity index (χ1n) is 10.9. The number of aliphatic imine (C=N–C) groups is 1. The number of ether oxygens (including phenoxy) is 2. The molecular weight excluding hydrogens is 519 g/mol. The number of nitrogens with zero attached hydrogens (tertiary/aromatic N) is 1. The molecule has 1 heterocycles. The van der Waals surface area contributed by atoms with Crippen molar-refractivity contribution in [1.82, 2.24) is 16.0 Å². The lowest BCUT2D eigenvalue weighted by Crippen LogP contribution is -2.42. The molecule has 1 saturated carbocycles. The maximum atomic E-state index is 11.7. The summed E-state index contributed by atoms with van der Waals surface area (Å²) in [5.41, 5.74) is 2.44. The second kappa shape index (κ2) is 11.9. The van der Waals surface area contributed by atoms with E-state index >= 15 is 0 Å². The van der Waals surface area contributed by atoms with Gasteiger partial charge in [-0.25, -0.2) is 0 Å². The minimum absolute atomic E-state index is 0. The van der Waals surface area contributed by atoms with E-state index in [-0.39, 0.29) is 42.6 Å². The minimum Gasteiger partial charge on any atom is -0.488 e. The molecule has 2 aromatic rings. The number of rotatable bonds is 9. The monoisotopic (exact) mass is 550 g/mol. The summed E-state index contributed by atoms with van der Waals surface area (Å²) in [5.74, 6) is 2.40. The van der Waals surface area contributed by atoms with Crippen molar-refractivity contribution < 1.29 is 14.3 Å². The number of amides is 1. The van der Waals surface area contributed by atoms with Gasteiger partial charge in [-0.05, 0) is 48.6 Å². The Bertz CT molecular complexity index is 891. The van der Waals surface area contributed by atoms with Crippen LogP contribution in [0.25, 0.3) is 0 Å². The number of guanidine groups is 1. The second-order valence-electron chi connectivity index (χ2n) is 7.96. The van der Waals surface area contributed by atoms with Crippen LogP contribution in [0.1, 0.15) is 24.0 Å². The highest BCUT2D eigenvalue weighted by Gasteiger charge is 2.23. The number of para-hydroxylation sites is 1. The van der Waals surface area contributed by atoms with Crippen LogP contribution in [0.5, 0.6) is 11.5 Å². The molecule has 1 amide bonds. The van der Waals surface area contributed by atoms with Gasteiger partial charge in [-0.15, -0.1) is 24.0 Å². The largest absolute Gasteiger partial charge is 0.488 e. The van der Waals surface area contributed by atoms with Crippen molar-refractivity contribution in [2.24, 2.45) is 4.99 Å². The molecule has 1 unspecified atom stereocenters. The van der Waals surface area contributed by atoms with Crippen LogP contribution >= 0.6 is 24.0 Å². The van der Waals surface area contributed by atoms with Gasteiger partial charge < -0.3 is 25.4 Å². The van der Waals surface area contributed by atoms with E-state index in [2.05, 4.69) is 27.0 Å². The number of fused-ring (bicyclic) bond motifs is 1. The molecule has 0 saturated heterocycles. The molecule has 0 radical (unpaired) electrons. The average molecular weight is 550 g/mol. The van der Waals surface area contributed by atoms with Gasteiger partial charge in [0.05, 0.1) is 6.54 Å². The first kappa shape index (κ1) is 24.2. The molecule has 3 N–H and O–H groups in total. The molecule has 1 fully saturated rings. The van der Waals surface area contributed by atoms with Gasteiger partial charge >= 0.3 is 0 Å². The highest BCUT2D eigenvalue weighted by atomic mass is 127. The van der Waals surface area contributed by atoms with Crippen LogP contribution in [0.4, 0.5) is 0 Å². The summed E-state index contributed by atoms with van der Waals surface area (Å²) in [5, 5.41) is 9.60. The standard InChI is InChI=1S/C24H30N4O3.HI/c1-25-24(27-15-21-14-18-4-2-3-5-22(18)31-21)26-13-12-17-6-10-20(11-7-17)30-16-23(29)28-19-8-9-19;/h2-7,10-11,19,21H,8-9,12-16H2,1H3,(H,28,29)(H2,25,26,27);1H. The molecule has 2 aliphatic rings. The molecule has 8 heteroatoms. The van der Waals surface area contributed by atoms with Gasteiger partial charge in [-0.2, -0.15) is 0 Å². The molecular formula is C24H31IN4O3. The lowest BCUT2D eigenvalue weighted by atomic mass is 10.1. The Kier molecular flexibility index (Phi) is 9.01. The fourth-order valence-electron chi connectivity index (χ4n) is 3.52. The van der Waals surface area contributed by atoms with Crippen molar-refractivity contribution in [3.8, 4) is 11.5 Å². The van der Waals surface area contributed by atoms with Crippen molar-refractivity contribution in [3.05, 3.63) is 59.7 Å². The van der Waals surface area contributed by atoms with Crippen molar-refractivity contribution in [1.29, 1.82) is 0 Å². The van der Waals surface area contributed by atoms with E-state index in [0.29, 0.717) is 18.3 Å². The fraction of sp³-hybridized carbons (Fsp3) is 0.417. The van der Waals surface area contributed by atoms with E-state index in [0.717, 1.165) is 43.9 Å². The SMILES string of the molecule is CN=C(NCCc1ccc(OCC(=O)NC2CC2)cc1)NCC1Cc2ccccc2O1.I. The Balaban J connectivity index is 0.00000289. The molecule has 0 bridgehead atoms. The van der Waals surface area contributed by atoms with Crippen LogP contribution < -0.4 is 25.4 Å². The van der Waals surface area contributed by atoms with Gasteiger partial charge in [0.1, 0.15) is 17.6 Å². The lowest BCUT2D eigenvalue weighted by Gasteiger charge is -2.15. The van der Waals surface area contributed by atoms with Crippen LogP contribution in [0, 0.1) is 0 Å². The molecule has 0 aromatic heterocycles. The molecule has 32 heavy (non-hydrogen) atoms. The number of halogens is 1. The third-order valence-electron chi connectivity index (χ3n) is 5.38. The summed E-state index contributed by atoms with van der Waals surface area (Å²) >= 11 is 0. The fourth-order valence-corrected chi connectivity index (χ4v) is 3.52. The summed E-state index contributed by atoms with van der Waals surface area (Å²) in [7, 11) is 1.77. The van der Waals surface area contributed by atoms with Crippen LogP contribution in [0.2, 0.25) is 0 Å². The number of hydrogen-bond acceptors (Lipinski definition) is 4. The molecule has 1 atom stereocenters. The average Bonchev–Trinajstić information content (AvgIpc) is 3.50. The topological polar surface area (TPSA) is 84.0 Å². The molecule has 172 valence electrons. The lowest BCUT2D eigenvalue weighted by molar-refractivity contribution is -0.123. The first-order chi connectivity index (χ1) is 15.2. The van der Waals surface area contributed by atoms with Gasteiger partial charge in [0, 0.05) is 26.1 Å². The highest BCUT2D eigenvalue weighted by molar-refractivity contribution is 14.0. The molecule has 7 nitrogen and oxygen atoms in total. The second-order valence-corrected chi connectivity index (χ2v) is 7.96. The molecule has 4 rings (SSSR count). The predicted octanol–water partition coefficient (Wildman–Crippen LogP) is 2.67. The van der Waals surface area contributed by atoms with Gasteiger partial charge in [0.15, 0.2) is 12.6 Å². The highest BCUT2D eigenvalue weighted by Crippen LogP contribution is 2.27. The van der Waals surface area contributed by atoms with E-state index in [9.17, 15) is 4.79 Å². The zero-order valence-corrected chi connectivity index (χ0v) is 20.6. The Labute approximate surface area is 206 Å². The zero-order valence-electron chi connectivity index (χ0n) is 18.3. The van der Waals surface area contributed by atoms with Crippen LogP contribution in [-0.4, -0.2) is 50.8 Å². The van der Waals surface area contributed by atoms with Crippen molar-refractivity contribution >= 4 is 35.8 Å². The quantitative estimate of drug-likeness (QED) is 0.254. The first-order valence-corrected chi connectivity index (χ1v) is 10.9. The number of carbonyl (C=O) groups is 1. The maximum absolute atomic E-state index is 11.7. The van der Waals surface area contributed by atoms with Crippen LogP contribution in [0.3, 0.4) is 0 Å². The summed E-state index contributed by atoms with van der Waals surface area (Å²) < 4.78 is 11.5. The van der Waals surface area contributed by atoms with Crippen LogP contribution in [0.15, 0.2) is 53.5 Å². The van der Waals surface area contributed by atoms with E-state index in [1.807, 2.05) is 42.5 Å². The molecule has 1 aliphatic heterocycles. The third-order valence-corrected chi connectivity index (χ3v) is 5.38. The van der Waals surface area contributed by atoms with Gasteiger partial charge in [-0.1, -0.05) is 30.3 Å². The summed E-state index contributed by atoms with van der Waals surface area (Å²) in [6.07, 6.45) is 4.05. The van der Waals surface area contributed by atoms with Crippen molar-refractivity contribution in [2.75, 3.05) is 26.7 Å². The van der Waals surface area contributed by atoms with Gasteiger partial charge in [0.2, 0.25) is 0 Å². The zero-order chi connectivity index (χ0) is 21.5. The number of nitrogens with one attached hydrogen (secondary N) is 3. The normalized spacial score (nSPS) is 16.9. The molecule has 0 spiro atoms. The van der Waals surface area contributed by atoms with Crippen molar-refractivity contribution in [3.63, 3.8) is 0 Å². The van der Waals surface area contributed by atoms with E-state index in [4.69, 9.17) is 9.47 Å². The van der Waals surface area contributed by atoms with Crippen molar-refractivity contribution in [2.45, 2.75) is 37.8 Å². The summed E-state index contributed by atoms with van der Waals surface area (Å²) in [6, 6.07) is 16.4. The number of benzene rings is 2. The number of hydrogen-bond donors (Lipinski definition) is 3. The van der Waals surface area contributed by atoms with E-state index in [1.165, 1.54) is 11.1 Å². The Morgan fingerprint density at radius 1 is 1.12 bits per heavy atom. The van der Waals surface area contributed by atoms with E-state index in [1.54, 1.807) is 7.05 Å². The minimum atomic E-state index is -0.0541. The third kappa shape index (κ3) is 7.29. The van der Waals surface area contributed by atoms with E-state index < -0.39 is 0 Å². The Hall–Kier alpha value is -2.49. The molecule has 1 aliphatic carbocycles. The number of carbonyl (C=O) groups excluding carboxylic acids is 1. The maximum Gasteiger partial charge on any atom is 0.258 e. The van der Waals surface area contributed by atoms with Crippen LogP contribution in [-0.2, 0) is 17.6 Å². The Morgan fingerprint density at radius 2 is 1.91 bits per heavy atom. The summed E-state index contributed by atoms with van der Waals surface area (Å²) in [4.78, 5) is 16.0.